The molecule has 4 heteroatoms. The molecule has 0 atom stereocenters. The fraction of sp³-hybridized carbons (Fsp3) is 0.909. The molecule has 0 aromatic rings. The Morgan fingerprint density at radius 3 is 2.33 bits per heavy atom. The summed E-state index contributed by atoms with van der Waals surface area (Å²) in [5, 5.41) is 9.11. The number of carboxylic acids is 1. The van der Waals surface area contributed by atoms with E-state index in [0.29, 0.717) is 18.8 Å². The van der Waals surface area contributed by atoms with Gasteiger partial charge in [0.2, 0.25) is 0 Å². The maximum absolute atomic E-state index is 11.1. The van der Waals surface area contributed by atoms with Gasteiger partial charge in [0.15, 0.2) is 5.60 Å². The summed E-state index contributed by atoms with van der Waals surface area (Å²) in [7, 11) is 1.49. The van der Waals surface area contributed by atoms with E-state index in [9.17, 15) is 4.79 Å². The SMILES string of the molecule is COC1(C(=O)O)CCN(CC(C)C)CC1. The zero-order valence-corrected chi connectivity index (χ0v) is 9.82. The van der Waals surface area contributed by atoms with Crippen molar-refractivity contribution < 1.29 is 14.6 Å². The molecule has 4 nitrogen and oxygen atoms in total. The van der Waals surface area contributed by atoms with Gasteiger partial charge in [-0.05, 0) is 18.8 Å². The number of rotatable bonds is 4. The second-order valence-electron chi connectivity index (χ2n) is 4.70. The van der Waals surface area contributed by atoms with Gasteiger partial charge in [0.25, 0.3) is 0 Å². The smallest absolute Gasteiger partial charge is 0.336 e. The number of methoxy groups -OCH3 is 1. The Morgan fingerprint density at radius 1 is 1.47 bits per heavy atom. The number of ether oxygens (including phenoxy) is 1. The average molecular weight is 215 g/mol. The Morgan fingerprint density at radius 2 is 2.00 bits per heavy atom. The lowest BCUT2D eigenvalue weighted by Gasteiger charge is -2.38. The van der Waals surface area contributed by atoms with Crippen molar-refractivity contribution in [3.8, 4) is 0 Å². The van der Waals surface area contributed by atoms with Crippen LogP contribution in [-0.2, 0) is 9.53 Å². The van der Waals surface area contributed by atoms with Crippen molar-refractivity contribution >= 4 is 5.97 Å². The lowest BCUT2D eigenvalue weighted by atomic mass is 9.91. The Bertz CT molecular complexity index is 220. The minimum absolute atomic E-state index is 0.589. The number of nitrogens with zero attached hydrogens (tertiary/aromatic N) is 1. The number of piperidine rings is 1. The predicted molar refractivity (Wildman–Crippen MR) is 57.9 cm³/mol. The third-order valence-corrected chi connectivity index (χ3v) is 3.07. The minimum Gasteiger partial charge on any atom is -0.479 e. The number of carbonyl (C=O) groups is 1. The molecule has 1 aliphatic rings. The van der Waals surface area contributed by atoms with Gasteiger partial charge in [-0.3, -0.25) is 0 Å². The summed E-state index contributed by atoms with van der Waals surface area (Å²) in [4.78, 5) is 13.4. The highest BCUT2D eigenvalue weighted by Gasteiger charge is 2.41. The second kappa shape index (κ2) is 4.94. The second-order valence-corrected chi connectivity index (χ2v) is 4.70. The quantitative estimate of drug-likeness (QED) is 0.765. The highest BCUT2D eigenvalue weighted by atomic mass is 16.5. The number of carboxylic acid groups (broad SMARTS) is 1. The van der Waals surface area contributed by atoms with Crippen LogP contribution < -0.4 is 0 Å². The monoisotopic (exact) mass is 215 g/mol. The number of aliphatic carboxylic acids is 1. The fourth-order valence-electron chi connectivity index (χ4n) is 2.12. The highest BCUT2D eigenvalue weighted by molar-refractivity contribution is 5.77. The lowest BCUT2D eigenvalue weighted by Crippen LogP contribution is -2.51. The molecule has 88 valence electrons. The number of likely N-dealkylation sites (tertiary alicyclic amines) is 1. The molecule has 0 radical (unpaired) electrons. The molecule has 0 spiro atoms. The van der Waals surface area contributed by atoms with Crippen LogP contribution in [0.25, 0.3) is 0 Å². The first-order chi connectivity index (χ1) is 7.00. The van der Waals surface area contributed by atoms with Crippen molar-refractivity contribution in [1.82, 2.24) is 4.90 Å². The van der Waals surface area contributed by atoms with Crippen LogP contribution in [0.15, 0.2) is 0 Å². The van der Waals surface area contributed by atoms with Gasteiger partial charge in [0.1, 0.15) is 0 Å². The van der Waals surface area contributed by atoms with Crippen molar-refractivity contribution in [1.29, 1.82) is 0 Å². The molecule has 1 fully saturated rings. The van der Waals surface area contributed by atoms with E-state index in [2.05, 4.69) is 18.7 Å². The normalized spacial score (nSPS) is 21.9. The van der Waals surface area contributed by atoms with Crippen LogP contribution in [0.5, 0.6) is 0 Å². The van der Waals surface area contributed by atoms with Gasteiger partial charge in [0.05, 0.1) is 0 Å². The molecule has 0 unspecified atom stereocenters. The number of hydrogen-bond donors (Lipinski definition) is 1. The third kappa shape index (κ3) is 2.92. The van der Waals surface area contributed by atoms with E-state index in [0.717, 1.165) is 19.6 Å². The standard InChI is InChI=1S/C11H21NO3/c1-9(2)8-12-6-4-11(15-3,5-7-12)10(13)14/h9H,4-8H2,1-3H3,(H,13,14). The topological polar surface area (TPSA) is 49.8 Å². The Hall–Kier alpha value is -0.610. The Labute approximate surface area is 91.2 Å². The van der Waals surface area contributed by atoms with Crippen LogP contribution in [-0.4, -0.2) is 48.3 Å². The van der Waals surface area contributed by atoms with Gasteiger partial charge >= 0.3 is 5.97 Å². The molecular weight excluding hydrogens is 194 g/mol. The lowest BCUT2D eigenvalue weighted by molar-refractivity contribution is -0.168. The Balaban J connectivity index is 2.50. The van der Waals surface area contributed by atoms with Crippen LogP contribution in [0.4, 0.5) is 0 Å². The molecular formula is C11H21NO3. The maximum atomic E-state index is 11.1. The molecule has 0 aromatic heterocycles. The van der Waals surface area contributed by atoms with Gasteiger partial charge in [-0.15, -0.1) is 0 Å². The first-order valence-corrected chi connectivity index (χ1v) is 5.51. The summed E-state index contributed by atoms with van der Waals surface area (Å²) >= 11 is 0. The fourth-order valence-corrected chi connectivity index (χ4v) is 2.12. The predicted octanol–water partition coefficient (Wildman–Crippen LogP) is 1.21. The summed E-state index contributed by atoms with van der Waals surface area (Å²) in [6.07, 6.45) is 1.18. The third-order valence-electron chi connectivity index (χ3n) is 3.07. The summed E-state index contributed by atoms with van der Waals surface area (Å²) in [5.74, 6) is -0.195. The molecule has 1 rings (SSSR count). The molecule has 0 amide bonds. The summed E-state index contributed by atoms with van der Waals surface area (Å²) in [5.41, 5.74) is -0.937. The molecule has 0 saturated carbocycles. The molecule has 0 bridgehead atoms. The zero-order valence-electron chi connectivity index (χ0n) is 9.82. The first-order valence-electron chi connectivity index (χ1n) is 5.51. The van der Waals surface area contributed by atoms with Gasteiger partial charge in [-0.1, -0.05) is 13.8 Å². The van der Waals surface area contributed by atoms with Gasteiger partial charge in [-0.2, -0.15) is 0 Å². The van der Waals surface area contributed by atoms with Crippen molar-refractivity contribution in [2.75, 3.05) is 26.7 Å². The summed E-state index contributed by atoms with van der Waals surface area (Å²) in [6, 6.07) is 0. The van der Waals surface area contributed by atoms with Crippen LogP contribution in [0, 0.1) is 5.92 Å². The molecule has 0 aliphatic carbocycles. The first kappa shape index (κ1) is 12.5. The van der Waals surface area contributed by atoms with E-state index < -0.39 is 11.6 Å². The largest absolute Gasteiger partial charge is 0.479 e. The van der Waals surface area contributed by atoms with Crippen LogP contribution in [0.2, 0.25) is 0 Å². The van der Waals surface area contributed by atoms with Gasteiger partial charge in [-0.25, -0.2) is 4.79 Å². The molecule has 15 heavy (non-hydrogen) atoms. The molecule has 1 heterocycles. The Kier molecular flexibility index (Phi) is 4.11. The van der Waals surface area contributed by atoms with Crippen molar-refractivity contribution in [3.05, 3.63) is 0 Å². The van der Waals surface area contributed by atoms with E-state index in [1.807, 2.05) is 0 Å². The minimum atomic E-state index is -0.937. The van der Waals surface area contributed by atoms with E-state index in [1.165, 1.54) is 7.11 Å². The van der Waals surface area contributed by atoms with Crippen molar-refractivity contribution in [3.63, 3.8) is 0 Å². The van der Waals surface area contributed by atoms with Crippen molar-refractivity contribution in [2.24, 2.45) is 5.92 Å². The van der Waals surface area contributed by atoms with Gasteiger partial charge in [0, 0.05) is 26.7 Å². The molecule has 0 aromatic carbocycles. The van der Waals surface area contributed by atoms with E-state index in [4.69, 9.17) is 9.84 Å². The van der Waals surface area contributed by atoms with E-state index in [1.54, 1.807) is 0 Å². The van der Waals surface area contributed by atoms with E-state index >= 15 is 0 Å². The van der Waals surface area contributed by atoms with E-state index in [-0.39, 0.29) is 0 Å². The van der Waals surface area contributed by atoms with Crippen LogP contribution in [0.3, 0.4) is 0 Å². The highest BCUT2D eigenvalue weighted by Crippen LogP contribution is 2.26. The number of hydrogen-bond acceptors (Lipinski definition) is 3. The van der Waals surface area contributed by atoms with Crippen LogP contribution in [0.1, 0.15) is 26.7 Å². The van der Waals surface area contributed by atoms with Crippen LogP contribution >= 0.6 is 0 Å². The summed E-state index contributed by atoms with van der Waals surface area (Å²) in [6.45, 7) is 7.03. The average Bonchev–Trinajstić information content (AvgIpc) is 2.18. The van der Waals surface area contributed by atoms with Crippen molar-refractivity contribution in [2.45, 2.75) is 32.3 Å². The zero-order chi connectivity index (χ0) is 11.5. The maximum Gasteiger partial charge on any atom is 0.336 e. The molecule has 1 saturated heterocycles. The van der Waals surface area contributed by atoms with Gasteiger partial charge < -0.3 is 14.7 Å². The molecule has 1 aliphatic heterocycles. The molecule has 1 N–H and O–H groups in total. The summed E-state index contributed by atoms with van der Waals surface area (Å²) < 4.78 is 5.17.